The van der Waals surface area contributed by atoms with Crippen molar-refractivity contribution < 1.29 is 14.7 Å². The quantitative estimate of drug-likeness (QED) is 0.680. The number of carbonyl (C=O) groups excluding carboxylic acids is 1. The number of imidazole rings is 1. The highest BCUT2D eigenvalue weighted by atomic mass is 16.4. The number of carbonyl (C=O) groups is 2. The molecule has 0 radical (unpaired) electrons. The first-order valence-corrected chi connectivity index (χ1v) is 6.09. The van der Waals surface area contributed by atoms with Crippen LogP contribution in [0.5, 0.6) is 0 Å². The number of aromatic amines is 1. The molecule has 3 aromatic rings. The Morgan fingerprint density at radius 1 is 1.19 bits per heavy atom. The van der Waals surface area contributed by atoms with Crippen LogP contribution in [0.15, 0.2) is 42.6 Å². The number of H-pyrrole nitrogens is 1. The molecule has 3 rings (SSSR count). The number of nitrogens with zero attached hydrogens (tertiary/aromatic N) is 2. The molecule has 0 spiro atoms. The first-order valence-electron chi connectivity index (χ1n) is 6.09. The minimum Gasteiger partial charge on any atom is -0.477 e. The van der Waals surface area contributed by atoms with E-state index in [1.807, 2.05) is 24.3 Å². The molecule has 0 saturated carbocycles. The summed E-state index contributed by atoms with van der Waals surface area (Å²) in [6.45, 7) is 0. The van der Waals surface area contributed by atoms with Crippen LogP contribution in [0, 0.1) is 0 Å². The van der Waals surface area contributed by atoms with Gasteiger partial charge in [-0.05, 0) is 24.3 Å². The fourth-order valence-corrected chi connectivity index (χ4v) is 1.88. The number of carboxylic acids is 1. The Hall–Kier alpha value is -3.22. The average Bonchev–Trinajstić information content (AvgIpc) is 2.89. The third-order valence-electron chi connectivity index (χ3n) is 2.86. The van der Waals surface area contributed by atoms with Gasteiger partial charge in [0.2, 0.25) is 5.95 Å². The number of rotatable bonds is 3. The number of fused-ring (bicyclic) bond motifs is 1. The number of benzene rings is 1. The van der Waals surface area contributed by atoms with Crippen molar-refractivity contribution in [2.75, 3.05) is 5.32 Å². The minimum absolute atomic E-state index is 0.188. The third kappa shape index (κ3) is 2.57. The predicted molar refractivity (Wildman–Crippen MR) is 75.2 cm³/mol. The molecular weight excluding hydrogens is 272 g/mol. The maximum Gasteiger partial charge on any atom is 0.354 e. The minimum atomic E-state index is -1.19. The molecule has 21 heavy (non-hydrogen) atoms. The van der Waals surface area contributed by atoms with E-state index in [0.29, 0.717) is 5.95 Å². The van der Waals surface area contributed by atoms with Crippen LogP contribution in [0.2, 0.25) is 0 Å². The number of aromatic nitrogens is 3. The Morgan fingerprint density at radius 3 is 2.76 bits per heavy atom. The second kappa shape index (κ2) is 5.04. The van der Waals surface area contributed by atoms with Crippen molar-refractivity contribution in [2.45, 2.75) is 0 Å². The van der Waals surface area contributed by atoms with Crippen LogP contribution in [0.4, 0.5) is 5.95 Å². The van der Waals surface area contributed by atoms with Crippen LogP contribution in [-0.2, 0) is 0 Å². The zero-order valence-corrected chi connectivity index (χ0v) is 10.7. The molecule has 0 aliphatic heterocycles. The molecule has 1 aromatic carbocycles. The van der Waals surface area contributed by atoms with E-state index in [1.54, 1.807) is 0 Å². The van der Waals surface area contributed by atoms with Gasteiger partial charge in [-0.3, -0.25) is 10.1 Å². The summed E-state index contributed by atoms with van der Waals surface area (Å²) in [7, 11) is 0. The average molecular weight is 282 g/mol. The molecule has 0 aliphatic carbocycles. The van der Waals surface area contributed by atoms with Gasteiger partial charge in [0, 0.05) is 11.8 Å². The smallest absolute Gasteiger partial charge is 0.354 e. The monoisotopic (exact) mass is 282 g/mol. The third-order valence-corrected chi connectivity index (χ3v) is 2.86. The van der Waals surface area contributed by atoms with E-state index >= 15 is 0 Å². The summed E-state index contributed by atoms with van der Waals surface area (Å²) in [5.41, 5.74) is 1.54. The number of hydrogen-bond acceptors (Lipinski definition) is 4. The largest absolute Gasteiger partial charge is 0.477 e. The van der Waals surface area contributed by atoms with E-state index in [0.717, 1.165) is 11.0 Å². The lowest BCUT2D eigenvalue weighted by Gasteiger charge is -2.02. The molecule has 2 aromatic heterocycles. The summed E-state index contributed by atoms with van der Waals surface area (Å²) in [6.07, 6.45) is 1.27. The molecule has 0 atom stereocenters. The van der Waals surface area contributed by atoms with Crippen molar-refractivity contribution in [1.82, 2.24) is 15.0 Å². The maximum absolute atomic E-state index is 12.1. The Morgan fingerprint density at radius 2 is 2.00 bits per heavy atom. The number of carboxylic acid groups (broad SMARTS) is 1. The lowest BCUT2D eigenvalue weighted by atomic mass is 10.2. The molecule has 1 amide bonds. The molecule has 2 heterocycles. The van der Waals surface area contributed by atoms with Gasteiger partial charge in [0.1, 0.15) is 5.69 Å². The van der Waals surface area contributed by atoms with Crippen LogP contribution in [0.25, 0.3) is 11.0 Å². The van der Waals surface area contributed by atoms with Gasteiger partial charge in [0.05, 0.1) is 11.0 Å². The maximum atomic E-state index is 12.1. The van der Waals surface area contributed by atoms with Gasteiger partial charge in [-0.25, -0.2) is 14.8 Å². The van der Waals surface area contributed by atoms with Crippen LogP contribution in [0.1, 0.15) is 20.8 Å². The molecule has 7 nitrogen and oxygen atoms in total. The first kappa shape index (κ1) is 12.8. The van der Waals surface area contributed by atoms with Crippen molar-refractivity contribution in [2.24, 2.45) is 0 Å². The summed E-state index contributed by atoms with van der Waals surface area (Å²) >= 11 is 0. The molecule has 104 valence electrons. The highest BCUT2D eigenvalue weighted by Gasteiger charge is 2.12. The second-order valence-electron chi connectivity index (χ2n) is 4.29. The van der Waals surface area contributed by atoms with E-state index in [1.165, 1.54) is 18.3 Å². The molecule has 0 fully saturated rings. The first-order chi connectivity index (χ1) is 10.1. The van der Waals surface area contributed by atoms with Crippen LogP contribution < -0.4 is 5.32 Å². The standard InChI is InChI=1S/C14H10N4O3/c19-12(8-5-6-15-11(7-8)13(20)21)18-14-16-9-3-1-2-4-10(9)17-14/h1-7H,(H,20,21)(H2,16,17,18,19). The number of pyridine rings is 1. The molecule has 0 bridgehead atoms. The van der Waals surface area contributed by atoms with Gasteiger partial charge in [-0.15, -0.1) is 0 Å². The van der Waals surface area contributed by atoms with Crippen molar-refractivity contribution in [3.8, 4) is 0 Å². The number of amides is 1. The molecule has 7 heteroatoms. The summed E-state index contributed by atoms with van der Waals surface area (Å²) < 4.78 is 0. The van der Waals surface area contributed by atoms with Gasteiger partial charge in [0.15, 0.2) is 0 Å². The zero-order valence-electron chi connectivity index (χ0n) is 10.7. The predicted octanol–water partition coefficient (Wildman–Crippen LogP) is 1.91. The second-order valence-corrected chi connectivity index (χ2v) is 4.29. The van der Waals surface area contributed by atoms with E-state index in [4.69, 9.17) is 5.11 Å². The summed E-state index contributed by atoms with van der Waals surface area (Å²) in [5, 5.41) is 11.5. The van der Waals surface area contributed by atoms with Crippen LogP contribution in [0.3, 0.4) is 0 Å². The molecular formula is C14H10N4O3. The Balaban J connectivity index is 1.85. The Labute approximate surface area is 118 Å². The van der Waals surface area contributed by atoms with Crippen LogP contribution in [-0.4, -0.2) is 31.9 Å². The summed E-state index contributed by atoms with van der Waals surface area (Å²) in [5.74, 6) is -1.35. The number of nitrogens with one attached hydrogen (secondary N) is 2. The number of hydrogen-bond donors (Lipinski definition) is 3. The fourth-order valence-electron chi connectivity index (χ4n) is 1.88. The van der Waals surface area contributed by atoms with E-state index < -0.39 is 11.9 Å². The topological polar surface area (TPSA) is 108 Å². The van der Waals surface area contributed by atoms with Gasteiger partial charge in [0.25, 0.3) is 5.91 Å². The van der Waals surface area contributed by atoms with Crippen molar-refractivity contribution in [3.63, 3.8) is 0 Å². The Kier molecular flexibility index (Phi) is 3.07. The van der Waals surface area contributed by atoms with Crippen LogP contribution >= 0.6 is 0 Å². The molecule has 0 aliphatic rings. The summed E-state index contributed by atoms with van der Waals surface area (Å²) in [4.78, 5) is 33.7. The highest BCUT2D eigenvalue weighted by molar-refractivity contribution is 6.04. The lowest BCUT2D eigenvalue weighted by Crippen LogP contribution is -2.14. The van der Waals surface area contributed by atoms with Gasteiger partial charge >= 0.3 is 5.97 Å². The Bertz CT molecular complexity index is 808. The molecule has 0 unspecified atom stereocenters. The van der Waals surface area contributed by atoms with E-state index in [9.17, 15) is 9.59 Å². The molecule has 3 N–H and O–H groups in total. The van der Waals surface area contributed by atoms with E-state index in [2.05, 4.69) is 20.3 Å². The normalized spacial score (nSPS) is 10.5. The summed E-state index contributed by atoms with van der Waals surface area (Å²) in [6, 6.07) is 10.00. The van der Waals surface area contributed by atoms with Gasteiger partial charge in [-0.2, -0.15) is 0 Å². The van der Waals surface area contributed by atoms with Crippen molar-refractivity contribution in [1.29, 1.82) is 0 Å². The van der Waals surface area contributed by atoms with Gasteiger partial charge in [-0.1, -0.05) is 12.1 Å². The van der Waals surface area contributed by atoms with Gasteiger partial charge < -0.3 is 10.1 Å². The highest BCUT2D eigenvalue weighted by Crippen LogP contribution is 2.14. The number of anilines is 1. The zero-order chi connectivity index (χ0) is 14.8. The molecule has 0 saturated heterocycles. The lowest BCUT2D eigenvalue weighted by molar-refractivity contribution is 0.0690. The number of aromatic carboxylic acids is 1. The SMILES string of the molecule is O=C(Nc1nc2ccccc2[nH]1)c1ccnc(C(=O)O)c1. The van der Waals surface area contributed by atoms with E-state index in [-0.39, 0.29) is 11.3 Å². The van der Waals surface area contributed by atoms with Crippen molar-refractivity contribution in [3.05, 3.63) is 53.9 Å². The van der Waals surface area contributed by atoms with Crippen molar-refractivity contribution >= 4 is 28.9 Å². The number of para-hydroxylation sites is 2. The fraction of sp³-hybridized carbons (Fsp3) is 0.